The first-order chi connectivity index (χ1) is 4.24. The lowest BCUT2D eigenvalue weighted by Crippen LogP contribution is -2.11. The van der Waals surface area contributed by atoms with Gasteiger partial charge in [0.05, 0.1) is 12.2 Å². The number of hydrogen-bond acceptors (Lipinski definition) is 1. The van der Waals surface area contributed by atoms with Crippen molar-refractivity contribution in [3.8, 4) is 0 Å². The van der Waals surface area contributed by atoms with Gasteiger partial charge in [0.25, 0.3) is 0 Å². The van der Waals surface area contributed by atoms with E-state index in [9.17, 15) is 0 Å². The van der Waals surface area contributed by atoms with E-state index < -0.39 is 0 Å². The van der Waals surface area contributed by atoms with E-state index in [1.54, 1.807) is 0 Å². The maximum atomic E-state index is 5.62. The summed E-state index contributed by atoms with van der Waals surface area (Å²) in [5, 5.41) is 0. The Balaban J connectivity index is 2.38. The van der Waals surface area contributed by atoms with Gasteiger partial charge in [0.2, 0.25) is 0 Å². The Morgan fingerprint density at radius 3 is 2.33 bits per heavy atom. The molecule has 1 fully saturated rings. The van der Waals surface area contributed by atoms with E-state index in [1.807, 2.05) is 0 Å². The Labute approximate surface area is 57.4 Å². The van der Waals surface area contributed by atoms with Gasteiger partial charge in [-0.3, -0.25) is 0 Å². The topological polar surface area (TPSA) is 9.23 Å². The van der Waals surface area contributed by atoms with Crippen molar-refractivity contribution in [3.63, 3.8) is 0 Å². The maximum absolute atomic E-state index is 5.62. The monoisotopic (exact) mass is 128 g/mol. The van der Waals surface area contributed by atoms with Crippen LogP contribution < -0.4 is 0 Å². The fraction of sp³-hybridized carbons (Fsp3) is 1.00. The Kier molecular flexibility index (Phi) is 2.12. The minimum Gasteiger partial charge on any atom is -0.375 e. The molecular formula is C8H16O. The molecule has 1 nitrogen and oxygen atoms in total. The van der Waals surface area contributed by atoms with Crippen LogP contribution in [0.4, 0.5) is 0 Å². The lowest BCUT2D eigenvalue weighted by atomic mass is 10.0. The van der Waals surface area contributed by atoms with Gasteiger partial charge in [-0.2, -0.15) is 0 Å². The zero-order valence-electron chi connectivity index (χ0n) is 6.55. The summed E-state index contributed by atoms with van der Waals surface area (Å²) in [6, 6.07) is 0. The second kappa shape index (κ2) is 2.70. The summed E-state index contributed by atoms with van der Waals surface area (Å²) < 4.78 is 5.62. The van der Waals surface area contributed by atoms with Gasteiger partial charge in [0.1, 0.15) is 0 Å². The minimum absolute atomic E-state index is 0.505. The maximum Gasteiger partial charge on any atom is 0.0602 e. The molecular weight excluding hydrogens is 112 g/mol. The molecule has 54 valence electrons. The van der Waals surface area contributed by atoms with E-state index in [1.165, 1.54) is 12.8 Å². The molecule has 3 atom stereocenters. The van der Waals surface area contributed by atoms with Gasteiger partial charge < -0.3 is 4.74 Å². The zero-order chi connectivity index (χ0) is 6.85. The highest BCUT2D eigenvalue weighted by Gasteiger charge is 2.27. The van der Waals surface area contributed by atoms with Crippen molar-refractivity contribution in [1.29, 1.82) is 0 Å². The lowest BCUT2D eigenvalue weighted by Gasteiger charge is -2.10. The summed E-state index contributed by atoms with van der Waals surface area (Å²) >= 11 is 0. The molecule has 0 amide bonds. The van der Waals surface area contributed by atoms with E-state index in [4.69, 9.17) is 4.74 Å². The molecule has 1 unspecified atom stereocenters. The van der Waals surface area contributed by atoms with E-state index in [-0.39, 0.29) is 0 Å². The van der Waals surface area contributed by atoms with Gasteiger partial charge in [-0.1, -0.05) is 13.8 Å². The minimum atomic E-state index is 0.505. The van der Waals surface area contributed by atoms with Gasteiger partial charge in [0.15, 0.2) is 0 Å². The fourth-order valence-corrected chi connectivity index (χ4v) is 1.66. The lowest BCUT2D eigenvalue weighted by molar-refractivity contribution is 0.0438. The molecule has 0 aromatic rings. The molecule has 0 N–H and O–H groups in total. The van der Waals surface area contributed by atoms with E-state index >= 15 is 0 Å². The van der Waals surface area contributed by atoms with Crippen LogP contribution in [0.15, 0.2) is 0 Å². The number of ether oxygens (including phenoxy) is 1. The third kappa shape index (κ3) is 1.45. The summed E-state index contributed by atoms with van der Waals surface area (Å²) in [5.41, 5.74) is 0. The summed E-state index contributed by atoms with van der Waals surface area (Å²) in [6.45, 7) is 6.63. The van der Waals surface area contributed by atoms with Crippen molar-refractivity contribution in [1.82, 2.24) is 0 Å². The van der Waals surface area contributed by atoms with Crippen LogP contribution in [-0.4, -0.2) is 12.2 Å². The first kappa shape index (κ1) is 7.07. The van der Waals surface area contributed by atoms with Crippen LogP contribution >= 0.6 is 0 Å². The van der Waals surface area contributed by atoms with Crippen molar-refractivity contribution in [2.45, 2.75) is 45.8 Å². The third-order valence-corrected chi connectivity index (χ3v) is 2.15. The SMILES string of the molecule is CC[C@@H]1O[C@H](C)CC1C. The predicted octanol–water partition coefficient (Wildman–Crippen LogP) is 2.21. The molecule has 0 spiro atoms. The van der Waals surface area contributed by atoms with Gasteiger partial charge in [-0.15, -0.1) is 0 Å². The molecule has 1 rings (SSSR count). The first-order valence-electron chi connectivity index (χ1n) is 3.89. The van der Waals surface area contributed by atoms with Crippen LogP contribution in [0.2, 0.25) is 0 Å². The molecule has 0 aliphatic carbocycles. The van der Waals surface area contributed by atoms with Crippen LogP contribution in [0, 0.1) is 5.92 Å². The molecule has 1 heterocycles. The third-order valence-electron chi connectivity index (χ3n) is 2.15. The number of hydrogen-bond donors (Lipinski definition) is 0. The second-order valence-electron chi connectivity index (χ2n) is 3.11. The van der Waals surface area contributed by atoms with E-state index in [0.29, 0.717) is 12.2 Å². The predicted molar refractivity (Wildman–Crippen MR) is 38.4 cm³/mol. The molecule has 1 heteroatoms. The van der Waals surface area contributed by atoms with Crippen LogP contribution in [-0.2, 0) is 4.74 Å². The summed E-state index contributed by atoms with van der Waals surface area (Å²) in [4.78, 5) is 0. The standard InChI is InChI=1S/C8H16O/c1-4-8-6(2)5-7(3)9-8/h6-8H,4-5H2,1-3H3/t6?,7-,8+/m1/s1. The average molecular weight is 128 g/mol. The highest BCUT2D eigenvalue weighted by Crippen LogP contribution is 2.27. The van der Waals surface area contributed by atoms with Crippen LogP contribution in [0.3, 0.4) is 0 Å². The van der Waals surface area contributed by atoms with Crippen molar-refractivity contribution in [2.24, 2.45) is 5.92 Å². The van der Waals surface area contributed by atoms with Gasteiger partial charge in [-0.05, 0) is 25.7 Å². The molecule has 1 aliphatic rings. The molecule has 0 radical (unpaired) electrons. The Bertz CT molecular complexity index is 90.6. The number of rotatable bonds is 1. The van der Waals surface area contributed by atoms with Crippen molar-refractivity contribution < 1.29 is 4.74 Å². The first-order valence-corrected chi connectivity index (χ1v) is 3.89. The zero-order valence-corrected chi connectivity index (χ0v) is 6.55. The molecule has 0 bridgehead atoms. The van der Waals surface area contributed by atoms with Crippen LogP contribution in [0.5, 0.6) is 0 Å². The largest absolute Gasteiger partial charge is 0.375 e. The van der Waals surface area contributed by atoms with Crippen molar-refractivity contribution in [2.75, 3.05) is 0 Å². The molecule has 9 heavy (non-hydrogen) atoms. The molecule has 0 saturated carbocycles. The van der Waals surface area contributed by atoms with Gasteiger partial charge >= 0.3 is 0 Å². The van der Waals surface area contributed by atoms with Crippen LogP contribution in [0.25, 0.3) is 0 Å². The molecule has 0 aromatic heterocycles. The molecule has 0 aromatic carbocycles. The summed E-state index contributed by atoms with van der Waals surface area (Å²) in [7, 11) is 0. The Hall–Kier alpha value is -0.0400. The average Bonchev–Trinajstić information content (AvgIpc) is 2.10. The Morgan fingerprint density at radius 1 is 1.44 bits per heavy atom. The Morgan fingerprint density at radius 2 is 2.11 bits per heavy atom. The van der Waals surface area contributed by atoms with Gasteiger partial charge in [-0.25, -0.2) is 0 Å². The van der Waals surface area contributed by atoms with E-state index in [2.05, 4.69) is 20.8 Å². The summed E-state index contributed by atoms with van der Waals surface area (Å²) in [5.74, 6) is 0.782. The molecule has 1 saturated heterocycles. The van der Waals surface area contributed by atoms with Crippen LogP contribution in [0.1, 0.15) is 33.6 Å². The van der Waals surface area contributed by atoms with Gasteiger partial charge in [0, 0.05) is 0 Å². The smallest absolute Gasteiger partial charge is 0.0602 e. The second-order valence-corrected chi connectivity index (χ2v) is 3.11. The fourth-order valence-electron chi connectivity index (χ4n) is 1.66. The molecule has 1 aliphatic heterocycles. The van der Waals surface area contributed by atoms with Crippen molar-refractivity contribution in [3.05, 3.63) is 0 Å². The highest BCUT2D eigenvalue weighted by atomic mass is 16.5. The highest BCUT2D eigenvalue weighted by molar-refractivity contribution is 4.75. The van der Waals surface area contributed by atoms with E-state index in [0.717, 1.165) is 5.92 Å². The normalized spacial score (nSPS) is 43.7. The summed E-state index contributed by atoms with van der Waals surface area (Å²) in [6.07, 6.45) is 3.47. The van der Waals surface area contributed by atoms with Crippen molar-refractivity contribution >= 4 is 0 Å². The quantitative estimate of drug-likeness (QED) is 0.526.